The van der Waals surface area contributed by atoms with Gasteiger partial charge in [0.25, 0.3) is 0 Å². The molecule has 20 heavy (non-hydrogen) atoms. The maximum absolute atomic E-state index is 12.1. The second-order valence-corrected chi connectivity index (χ2v) is 8.42. The molecule has 1 heterocycles. The lowest BCUT2D eigenvalue weighted by molar-refractivity contribution is -0.154. The molecule has 0 atom stereocenters. The molecule has 0 aromatic carbocycles. The Morgan fingerprint density at radius 1 is 1.25 bits per heavy atom. The fourth-order valence-electron chi connectivity index (χ4n) is 2.60. The van der Waals surface area contributed by atoms with E-state index in [4.69, 9.17) is 0 Å². The zero-order chi connectivity index (χ0) is 15.4. The lowest BCUT2D eigenvalue weighted by Gasteiger charge is -2.39. The summed E-state index contributed by atoms with van der Waals surface area (Å²) in [4.78, 5) is 25.5. The molecule has 1 aliphatic rings. The molecular weight excluding hydrogens is 274 g/mol. The molecule has 1 fully saturated rings. The van der Waals surface area contributed by atoms with Crippen LogP contribution in [0.3, 0.4) is 0 Å². The minimum absolute atomic E-state index is 0.0818. The van der Waals surface area contributed by atoms with Crippen LogP contribution in [0.1, 0.15) is 53.4 Å². The minimum atomic E-state index is -0.699. The highest BCUT2D eigenvalue weighted by atomic mass is 32.2. The number of hydrogen-bond acceptors (Lipinski definition) is 3. The van der Waals surface area contributed by atoms with E-state index in [1.54, 1.807) is 11.8 Å². The molecule has 1 N–H and O–H groups in total. The number of rotatable bonds is 5. The van der Waals surface area contributed by atoms with Crippen LogP contribution >= 0.6 is 11.8 Å². The first-order valence-electron chi connectivity index (χ1n) is 7.35. The van der Waals surface area contributed by atoms with Gasteiger partial charge in [-0.05, 0) is 19.3 Å². The third kappa shape index (κ3) is 4.69. The fourth-order valence-corrected chi connectivity index (χ4v) is 3.34. The van der Waals surface area contributed by atoms with Crippen molar-refractivity contribution in [3.8, 4) is 0 Å². The molecular formula is C15H27NO3S. The van der Waals surface area contributed by atoms with Gasteiger partial charge in [-0.1, -0.05) is 34.1 Å². The van der Waals surface area contributed by atoms with Gasteiger partial charge in [0.2, 0.25) is 5.91 Å². The monoisotopic (exact) mass is 301 g/mol. The third-order valence-electron chi connectivity index (χ3n) is 3.88. The Labute approximate surface area is 126 Å². The first-order chi connectivity index (χ1) is 9.20. The van der Waals surface area contributed by atoms with Crippen LogP contribution in [0.5, 0.6) is 0 Å². The predicted molar refractivity (Wildman–Crippen MR) is 83.0 cm³/mol. The number of amides is 1. The van der Waals surface area contributed by atoms with E-state index in [-0.39, 0.29) is 10.7 Å². The van der Waals surface area contributed by atoms with Crippen LogP contribution in [0.2, 0.25) is 0 Å². The van der Waals surface area contributed by atoms with E-state index in [1.807, 2.05) is 11.8 Å². The summed E-state index contributed by atoms with van der Waals surface area (Å²) in [6.07, 6.45) is 2.76. The summed E-state index contributed by atoms with van der Waals surface area (Å²) >= 11 is 1.64. The zero-order valence-electron chi connectivity index (χ0n) is 13.1. The van der Waals surface area contributed by atoms with Crippen molar-refractivity contribution in [1.82, 2.24) is 4.90 Å². The SMILES string of the molecule is CCCC1(C(=O)O)CCN(C(=O)CSC(C)(C)C)CC1. The molecule has 0 bridgehead atoms. The van der Waals surface area contributed by atoms with Gasteiger partial charge < -0.3 is 10.0 Å². The third-order valence-corrected chi connectivity index (χ3v) is 5.14. The first-order valence-corrected chi connectivity index (χ1v) is 8.34. The van der Waals surface area contributed by atoms with Crippen molar-refractivity contribution < 1.29 is 14.7 Å². The molecule has 1 saturated heterocycles. The lowest BCUT2D eigenvalue weighted by Crippen LogP contribution is -2.47. The fraction of sp³-hybridized carbons (Fsp3) is 0.867. The van der Waals surface area contributed by atoms with E-state index >= 15 is 0 Å². The second-order valence-electron chi connectivity index (χ2n) is 6.62. The van der Waals surface area contributed by atoms with E-state index < -0.39 is 11.4 Å². The van der Waals surface area contributed by atoms with Gasteiger partial charge in [0.1, 0.15) is 0 Å². The molecule has 0 aliphatic carbocycles. The van der Waals surface area contributed by atoms with E-state index in [1.165, 1.54) is 0 Å². The van der Waals surface area contributed by atoms with Crippen LogP contribution in [-0.4, -0.2) is 45.5 Å². The van der Waals surface area contributed by atoms with E-state index in [0.717, 1.165) is 6.42 Å². The summed E-state index contributed by atoms with van der Waals surface area (Å²) in [7, 11) is 0. The smallest absolute Gasteiger partial charge is 0.309 e. The number of piperidine rings is 1. The summed E-state index contributed by atoms with van der Waals surface area (Å²) in [6, 6.07) is 0. The molecule has 116 valence electrons. The molecule has 0 aromatic heterocycles. The standard InChI is InChI=1S/C15H27NO3S/c1-5-6-15(13(18)19)7-9-16(10-8-15)12(17)11-20-14(2,3)4/h5-11H2,1-4H3,(H,18,19). The molecule has 0 saturated carbocycles. The molecule has 0 radical (unpaired) electrons. The summed E-state index contributed by atoms with van der Waals surface area (Å²) in [6.45, 7) is 9.46. The number of carboxylic acid groups (broad SMARTS) is 1. The lowest BCUT2D eigenvalue weighted by atomic mass is 9.75. The number of thioether (sulfide) groups is 1. The Hall–Kier alpha value is -0.710. The number of likely N-dealkylation sites (tertiary alicyclic amines) is 1. The van der Waals surface area contributed by atoms with Crippen molar-refractivity contribution in [2.75, 3.05) is 18.8 Å². The van der Waals surface area contributed by atoms with Crippen LogP contribution in [0.25, 0.3) is 0 Å². The topological polar surface area (TPSA) is 57.6 Å². The van der Waals surface area contributed by atoms with Crippen LogP contribution in [0.15, 0.2) is 0 Å². The van der Waals surface area contributed by atoms with Gasteiger partial charge in [-0.15, -0.1) is 11.8 Å². The molecule has 1 rings (SSSR count). The quantitative estimate of drug-likeness (QED) is 0.848. The van der Waals surface area contributed by atoms with Crippen molar-refractivity contribution in [2.24, 2.45) is 5.41 Å². The van der Waals surface area contributed by atoms with Gasteiger partial charge in [-0.3, -0.25) is 9.59 Å². The summed E-state index contributed by atoms with van der Waals surface area (Å²) in [5, 5.41) is 9.45. The van der Waals surface area contributed by atoms with Crippen molar-refractivity contribution in [3.05, 3.63) is 0 Å². The molecule has 1 aliphatic heterocycles. The number of carbonyl (C=O) groups is 2. The molecule has 1 amide bonds. The number of hydrogen-bond donors (Lipinski definition) is 1. The van der Waals surface area contributed by atoms with Crippen LogP contribution in [0.4, 0.5) is 0 Å². The zero-order valence-corrected chi connectivity index (χ0v) is 13.9. The van der Waals surface area contributed by atoms with Gasteiger partial charge in [-0.25, -0.2) is 0 Å². The molecule has 0 spiro atoms. The van der Waals surface area contributed by atoms with Crippen LogP contribution in [0, 0.1) is 5.41 Å². The largest absolute Gasteiger partial charge is 0.481 e. The molecule has 5 heteroatoms. The minimum Gasteiger partial charge on any atom is -0.481 e. The average Bonchev–Trinajstić information content (AvgIpc) is 2.36. The Kier molecular flexibility index (Phi) is 5.92. The Balaban J connectivity index is 2.52. The molecule has 4 nitrogen and oxygen atoms in total. The molecule has 0 unspecified atom stereocenters. The maximum atomic E-state index is 12.1. The van der Waals surface area contributed by atoms with Gasteiger partial charge >= 0.3 is 5.97 Å². The van der Waals surface area contributed by atoms with Crippen LogP contribution < -0.4 is 0 Å². The Morgan fingerprint density at radius 2 is 1.80 bits per heavy atom. The van der Waals surface area contributed by atoms with Gasteiger partial charge in [0.05, 0.1) is 11.2 Å². The summed E-state index contributed by atoms with van der Waals surface area (Å²) < 4.78 is 0.0818. The number of carboxylic acids is 1. The van der Waals surface area contributed by atoms with Crippen LogP contribution in [-0.2, 0) is 9.59 Å². The number of nitrogens with zero attached hydrogens (tertiary/aromatic N) is 1. The van der Waals surface area contributed by atoms with E-state index in [0.29, 0.717) is 38.1 Å². The van der Waals surface area contributed by atoms with E-state index in [2.05, 4.69) is 20.8 Å². The summed E-state index contributed by atoms with van der Waals surface area (Å²) in [5.41, 5.74) is -0.608. The predicted octanol–water partition coefficient (Wildman–Crippen LogP) is 3.01. The second kappa shape index (κ2) is 6.83. The highest BCUT2D eigenvalue weighted by molar-refractivity contribution is 8.01. The highest BCUT2D eigenvalue weighted by Gasteiger charge is 2.41. The Morgan fingerprint density at radius 3 is 2.20 bits per heavy atom. The molecule has 0 aromatic rings. The van der Waals surface area contributed by atoms with Crippen molar-refractivity contribution in [1.29, 1.82) is 0 Å². The van der Waals surface area contributed by atoms with Crippen molar-refractivity contribution >= 4 is 23.6 Å². The van der Waals surface area contributed by atoms with Gasteiger partial charge in [0, 0.05) is 17.8 Å². The summed E-state index contributed by atoms with van der Waals surface area (Å²) in [5.74, 6) is -0.0758. The van der Waals surface area contributed by atoms with Gasteiger partial charge in [-0.2, -0.15) is 0 Å². The highest BCUT2D eigenvalue weighted by Crippen LogP contribution is 2.36. The Bertz CT molecular complexity index is 355. The average molecular weight is 301 g/mol. The van der Waals surface area contributed by atoms with Crippen molar-refractivity contribution in [3.63, 3.8) is 0 Å². The number of carbonyl (C=O) groups excluding carboxylic acids is 1. The van der Waals surface area contributed by atoms with Crippen molar-refractivity contribution in [2.45, 2.75) is 58.1 Å². The first kappa shape index (κ1) is 17.3. The normalized spacial score (nSPS) is 18.9. The maximum Gasteiger partial charge on any atom is 0.309 e. The van der Waals surface area contributed by atoms with Gasteiger partial charge in [0.15, 0.2) is 0 Å². The van der Waals surface area contributed by atoms with E-state index in [9.17, 15) is 14.7 Å². The number of aliphatic carboxylic acids is 1.